The van der Waals surface area contributed by atoms with Crippen molar-refractivity contribution in [1.29, 1.82) is 0 Å². The SMILES string of the molecule is COc1ccc2c(c1)C(Nc1cnc(Cl)c(C)c1)CCO2. The first kappa shape index (κ1) is 14.0. The fourth-order valence-corrected chi connectivity index (χ4v) is 2.59. The second kappa shape index (κ2) is 5.82. The largest absolute Gasteiger partial charge is 0.497 e. The lowest BCUT2D eigenvalue weighted by Gasteiger charge is -2.28. The van der Waals surface area contributed by atoms with Gasteiger partial charge in [0.15, 0.2) is 0 Å². The number of rotatable bonds is 3. The van der Waals surface area contributed by atoms with Crippen LogP contribution >= 0.6 is 11.6 Å². The summed E-state index contributed by atoms with van der Waals surface area (Å²) < 4.78 is 11.0. The van der Waals surface area contributed by atoms with Gasteiger partial charge in [0.1, 0.15) is 16.7 Å². The van der Waals surface area contributed by atoms with E-state index >= 15 is 0 Å². The molecule has 0 spiro atoms. The Morgan fingerprint density at radius 1 is 1.38 bits per heavy atom. The van der Waals surface area contributed by atoms with Crippen LogP contribution in [0.3, 0.4) is 0 Å². The molecule has 0 radical (unpaired) electrons. The standard InChI is InChI=1S/C16H17ClN2O2/c1-10-7-11(9-18-16(10)17)19-14-5-6-21-15-4-3-12(20-2)8-13(14)15/h3-4,7-9,14,19H,5-6H2,1-2H3. The Labute approximate surface area is 129 Å². The number of halogens is 1. The summed E-state index contributed by atoms with van der Waals surface area (Å²) >= 11 is 5.97. The van der Waals surface area contributed by atoms with Gasteiger partial charge in [-0.05, 0) is 36.8 Å². The molecule has 0 aliphatic carbocycles. The van der Waals surface area contributed by atoms with Crippen LogP contribution in [0, 0.1) is 6.92 Å². The average molecular weight is 305 g/mol. The van der Waals surface area contributed by atoms with E-state index in [0.717, 1.165) is 34.7 Å². The Bertz CT molecular complexity index is 661. The number of aryl methyl sites for hydroxylation is 1. The number of methoxy groups -OCH3 is 1. The predicted octanol–water partition coefficient (Wildman–Crippen LogP) is 3.99. The lowest BCUT2D eigenvalue weighted by molar-refractivity contribution is 0.273. The van der Waals surface area contributed by atoms with Crippen LogP contribution in [0.4, 0.5) is 5.69 Å². The van der Waals surface area contributed by atoms with Crippen molar-refractivity contribution in [3.63, 3.8) is 0 Å². The third-order valence-corrected chi connectivity index (χ3v) is 4.01. The monoisotopic (exact) mass is 304 g/mol. The van der Waals surface area contributed by atoms with Crippen LogP contribution in [0.15, 0.2) is 30.5 Å². The maximum atomic E-state index is 5.97. The summed E-state index contributed by atoms with van der Waals surface area (Å²) in [6.07, 6.45) is 2.65. The van der Waals surface area contributed by atoms with E-state index in [0.29, 0.717) is 11.8 Å². The van der Waals surface area contributed by atoms with Gasteiger partial charge in [0, 0.05) is 12.0 Å². The third-order valence-electron chi connectivity index (χ3n) is 3.61. The molecule has 110 valence electrons. The first-order valence-electron chi connectivity index (χ1n) is 6.87. The van der Waals surface area contributed by atoms with E-state index in [9.17, 15) is 0 Å². The Hall–Kier alpha value is -1.94. The fraction of sp³-hybridized carbons (Fsp3) is 0.312. The smallest absolute Gasteiger partial charge is 0.132 e. The van der Waals surface area contributed by atoms with Crippen LogP contribution in [0.5, 0.6) is 11.5 Å². The molecular formula is C16H17ClN2O2. The molecular weight excluding hydrogens is 288 g/mol. The fourth-order valence-electron chi connectivity index (χ4n) is 2.49. The Morgan fingerprint density at radius 2 is 2.24 bits per heavy atom. The summed E-state index contributed by atoms with van der Waals surface area (Å²) in [5.74, 6) is 1.73. The molecule has 1 aromatic heterocycles. The highest BCUT2D eigenvalue weighted by Crippen LogP contribution is 2.36. The van der Waals surface area contributed by atoms with E-state index in [1.165, 1.54) is 0 Å². The van der Waals surface area contributed by atoms with Crippen molar-refractivity contribution in [2.75, 3.05) is 19.0 Å². The second-order valence-electron chi connectivity index (χ2n) is 5.07. The van der Waals surface area contributed by atoms with Gasteiger partial charge in [-0.25, -0.2) is 4.98 Å². The van der Waals surface area contributed by atoms with Crippen LogP contribution < -0.4 is 14.8 Å². The normalized spacial score (nSPS) is 16.8. The van der Waals surface area contributed by atoms with Gasteiger partial charge in [0.25, 0.3) is 0 Å². The minimum atomic E-state index is 0.172. The van der Waals surface area contributed by atoms with Gasteiger partial charge in [-0.15, -0.1) is 0 Å². The third kappa shape index (κ3) is 2.90. The molecule has 1 aromatic carbocycles. The van der Waals surface area contributed by atoms with Crippen LogP contribution in [0.2, 0.25) is 5.15 Å². The molecule has 0 fully saturated rings. The van der Waals surface area contributed by atoms with E-state index in [2.05, 4.69) is 10.3 Å². The van der Waals surface area contributed by atoms with E-state index in [-0.39, 0.29) is 6.04 Å². The van der Waals surface area contributed by atoms with Gasteiger partial charge in [0.2, 0.25) is 0 Å². The Morgan fingerprint density at radius 3 is 3.00 bits per heavy atom. The summed E-state index contributed by atoms with van der Waals surface area (Å²) in [4.78, 5) is 4.18. The van der Waals surface area contributed by atoms with Crippen LogP contribution in [-0.2, 0) is 0 Å². The number of hydrogen-bond donors (Lipinski definition) is 1. The number of hydrogen-bond acceptors (Lipinski definition) is 4. The number of nitrogens with zero attached hydrogens (tertiary/aromatic N) is 1. The number of aromatic nitrogens is 1. The van der Waals surface area contributed by atoms with E-state index in [4.69, 9.17) is 21.1 Å². The summed E-state index contributed by atoms with van der Waals surface area (Å²) in [5, 5.41) is 4.04. The minimum absolute atomic E-state index is 0.172. The van der Waals surface area contributed by atoms with Crippen molar-refractivity contribution in [2.24, 2.45) is 0 Å². The second-order valence-corrected chi connectivity index (χ2v) is 5.43. The quantitative estimate of drug-likeness (QED) is 0.871. The van der Waals surface area contributed by atoms with Gasteiger partial charge >= 0.3 is 0 Å². The number of anilines is 1. The average Bonchev–Trinajstić information content (AvgIpc) is 2.51. The number of nitrogens with one attached hydrogen (secondary N) is 1. The Kier molecular flexibility index (Phi) is 3.88. The zero-order valence-electron chi connectivity index (χ0n) is 12.0. The number of benzene rings is 1. The molecule has 0 bridgehead atoms. The molecule has 1 atom stereocenters. The molecule has 3 rings (SSSR count). The molecule has 0 amide bonds. The van der Waals surface area contributed by atoms with Gasteiger partial charge < -0.3 is 14.8 Å². The maximum absolute atomic E-state index is 5.97. The van der Waals surface area contributed by atoms with E-state index in [1.54, 1.807) is 13.3 Å². The first-order valence-corrected chi connectivity index (χ1v) is 7.24. The lowest BCUT2D eigenvalue weighted by atomic mass is 10.00. The van der Waals surface area contributed by atoms with Crippen molar-refractivity contribution in [1.82, 2.24) is 4.98 Å². The van der Waals surface area contributed by atoms with Crippen molar-refractivity contribution < 1.29 is 9.47 Å². The molecule has 2 aromatic rings. The molecule has 21 heavy (non-hydrogen) atoms. The van der Waals surface area contributed by atoms with Crippen LogP contribution in [-0.4, -0.2) is 18.7 Å². The lowest BCUT2D eigenvalue weighted by Crippen LogP contribution is -2.20. The highest BCUT2D eigenvalue weighted by Gasteiger charge is 2.22. The van der Waals surface area contributed by atoms with Crippen molar-refractivity contribution in [3.05, 3.63) is 46.7 Å². The van der Waals surface area contributed by atoms with Crippen molar-refractivity contribution in [3.8, 4) is 11.5 Å². The summed E-state index contributed by atoms with van der Waals surface area (Å²) in [6, 6.07) is 8.06. The van der Waals surface area contributed by atoms with Gasteiger partial charge in [-0.3, -0.25) is 0 Å². The summed E-state index contributed by atoms with van der Waals surface area (Å²) in [7, 11) is 1.67. The first-order chi connectivity index (χ1) is 10.2. The molecule has 1 unspecified atom stereocenters. The van der Waals surface area contributed by atoms with E-state index in [1.807, 2.05) is 31.2 Å². The highest BCUT2D eigenvalue weighted by atomic mass is 35.5. The number of ether oxygens (including phenoxy) is 2. The van der Waals surface area contributed by atoms with Crippen LogP contribution in [0.1, 0.15) is 23.6 Å². The minimum Gasteiger partial charge on any atom is -0.497 e. The topological polar surface area (TPSA) is 43.4 Å². The maximum Gasteiger partial charge on any atom is 0.132 e. The van der Waals surface area contributed by atoms with Crippen molar-refractivity contribution in [2.45, 2.75) is 19.4 Å². The Balaban J connectivity index is 1.88. The molecule has 4 nitrogen and oxygen atoms in total. The molecule has 2 heterocycles. The van der Waals surface area contributed by atoms with Crippen LogP contribution in [0.25, 0.3) is 0 Å². The predicted molar refractivity (Wildman–Crippen MR) is 83.5 cm³/mol. The van der Waals surface area contributed by atoms with Crippen molar-refractivity contribution >= 4 is 17.3 Å². The zero-order valence-corrected chi connectivity index (χ0v) is 12.8. The zero-order chi connectivity index (χ0) is 14.8. The van der Waals surface area contributed by atoms with E-state index < -0.39 is 0 Å². The highest BCUT2D eigenvalue weighted by molar-refractivity contribution is 6.30. The molecule has 1 aliphatic rings. The molecule has 1 aliphatic heterocycles. The molecule has 1 N–H and O–H groups in total. The van der Waals surface area contributed by atoms with Gasteiger partial charge in [-0.1, -0.05) is 11.6 Å². The number of pyridine rings is 1. The summed E-state index contributed by atoms with van der Waals surface area (Å²) in [6.45, 7) is 2.64. The van der Waals surface area contributed by atoms with Gasteiger partial charge in [0.05, 0.1) is 31.6 Å². The van der Waals surface area contributed by atoms with Gasteiger partial charge in [-0.2, -0.15) is 0 Å². The molecule has 5 heteroatoms. The molecule has 0 saturated carbocycles. The number of fused-ring (bicyclic) bond motifs is 1. The molecule has 0 saturated heterocycles. The summed E-state index contributed by atoms with van der Waals surface area (Å²) in [5.41, 5.74) is 3.02.